The van der Waals surface area contributed by atoms with Gasteiger partial charge in [-0.1, -0.05) is 11.6 Å². The summed E-state index contributed by atoms with van der Waals surface area (Å²) in [6.07, 6.45) is 3.01. The summed E-state index contributed by atoms with van der Waals surface area (Å²) >= 11 is 5.83. The zero-order valence-electron chi connectivity index (χ0n) is 10.2. The third kappa shape index (κ3) is 2.46. The average molecular weight is 292 g/mol. The molecule has 0 fully saturated rings. The molecule has 1 amide bonds. The molecule has 1 aliphatic rings. The van der Waals surface area contributed by atoms with E-state index in [4.69, 9.17) is 26.8 Å². The van der Waals surface area contributed by atoms with Crippen LogP contribution in [0.15, 0.2) is 30.6 Å². The lowest BCUT2D eigenvalue weighted by atomic mass is 10.2. The minimum atomic E-state index is -0.224. The van der Waals surface area contributed by atoms with E-state index in [-0.39, 0.29) is 12.5 Å². The molecule has 0 saturated carbocycles. The number of nitrogen functional groups attached to an aromatic ring is 1. The van der Waals surface area contributed by atoms with Gasteiger partial charge in [0.1, 0.15) is 11.5 Å². The van der Waals surface area contributed by atoms with Gasteiger partial charge < -0.3 is 20.5 Å². The number of nitrogens with one attached hydrogen (secondary N) is 1. The summed E-state index contributed by atoms with van der Waals surface area (Å²) in [7, 11) is 0. The lowest BCUT2D eigenvalue weighted by Crippen LogP contribution is -2.25. The van der Waals surface area contributed by atoms with Crippen molar-refractivity contribution in [3.8, 4) is 17.2 Å². The van der Waals surface area contributed by atoms with Crippen LogP contribution in [-0.4, -0.2) is 17.5 Å². The molecule has 0 unspecified atom stereocenters. The van der Waals surface area contributed by atoms with Gasteiger partial charge in [0.25, 0.3) is 5.91 Å². The summed E-state index contributed by atoms with van der Waals surface area (Å²) in [5, 5.41) is 3.14. The fourth-order valence-electron chi connectivity index (χ4n) is 1.79. The van der Waals surface area contributed by atoms with Gasteiger partial charge in [-0.05, 0) is 0 Å². The summed E-state index contributed by atoms with van der Waals surface area (Å²) in [5.74, 6) is 1.13. The topological polar surface area (TPSA) is 86.5 Å². The van der Waals surface area contributed by atoms with Crippen LogP contribution in [0.1, 0.15) is 0 Å². The summed E-state index contributed by atoms with van der Waals surface area (Å²) in [5.41, 5.74) is 6.80. The fourth-order valence-corrected chi connectivity index (χ4v) is 1.95. The highest BCUT2D eigenvalue weighted by Crippen LogP contribution is 2.38. The highest BCUT2D eigenvalue weighted by Gasteiger charge is 2.18. The Labute approximate surface area is 119 Å². The normalized spacial score (nSPS) is 13.2. The van der Waals surface area contributed by atoms with Crippen molar-refractivity contribution in [2.75, 3.05) is 17.7 Å². The van der Waals surface area contributed by atoms with Gasteiger partial charge in [-0.15, -0.1) is 0 Å². The molecule has 3 N–H and O–H groups in total. The summed E-state index contributed by atoms with van der Waals surface area (Å²) < 4.78 is 10.9. The number of rotatable bonds is 2. The molecule has 1 aromatic carbocycles. The summed E-state index contributed by atoms with van der Waals surface area (Å²) in [6, 6.07) is 4.81. The summed E-state index contributed by atoms with van der Waals surface area (Å²) in [6.45, 7) is -0.0230. The molecule has 1 aliphatic heterocycles. The van der Waals surface area contributed by atoms with Gasteiger partial charge in [-0.2, -0.15) is 0 Å². The van der Waals surface area contributed by atoms with Crippen molar-refractivity contribution in [1.82, 2.24) is 4.98 Å². The number of halogens is 1. The van der Waals surface area contributed by atoms with Crippen molar-refractivity contribution in [2.45, 2.75) is 0 Å². The van der Waals surface area contributed by atoms with E-state index < -0.39 is 0 Å². The maximum absolute atomic E-state index is 11.3. The molecule has 6 nitrogen and oxygen atoms in total. The first-order chi connectivity index (χ1) is 9.61. The third-order valence-corrected chi connectivity index (χ3v) is 2.86. The Balaban J connectivity index is 1.94. The van der Waals surface area contributed by atoms with Crippen molar-refractivity contribution in [2.24, 2.45) is 0 Å². The molecular weight excluding hydrogens is 282 g/mol. The van der Waals surface area contributed by atoms with Crippen LogP contribution in [0.2, 0.25) is 5.02 Å². The molecule has 1 aromatic heterocycles. The summed E-state index contributed by atoms with van der Waals surface area (Å²) in [4.78, 5) is 15.2. The Kier molecular flexibility index (Phi) is 3.08. The number of amides is 1. The van der Waals surface area contributed by atoms with Gasteiger partial charge in [-0.3, -0.25) is 9.78 Å². The SMILES string of the molecule is Nc1cc2c(cc1Oc1cncc(Cl)c1)NC(=O)CO2. The van der Waals surface area contributed by atoms with Crippen LogP contribution < -0.4 is 20.5 Å². The van der Waals surface area contributed by atoms with Crippen LogP contribution in [-0.2, 0) is 4.79 Å². The second-order valence-electron chi connectivity index (χ2n) is 4.16. The molecule has 102 valence electrons. The maximum Gasteiger partial charge on any atom is 0.262 e. The minimum absolute atomic E-state index is 0.0230. The van der Waals surface area contributed by atoms with E-state index in [1.165, 1.54) is 12.4 Å². The van der Waals surface area contributed by atoms with Crippen LogP contribution in [0, 0.1) is 0 Å². The Bertz CT molecular complexity index is 691. The van der Waals surface area contributed by atoms with E-state index in [9.17, 15) is 4.79 Å². The quantitative estimate of drug-likeness (QED) is 0.830. The molecule has 0 aliphatic carbocycles. The van der Waals surface area contributed by atoms with Crippen LogP contribution in [0.25, 0.3) is 0 Å². The van der Waals surface area contributed by atoms with Crippen molar-refractivity contribution in [3.63, 3.8) is 0 Å². The Morgan fingerprint density at radius 2 is 2.20 bits per heavy atom. The number of carbonyl (C=O) groups excluding carboxylic acids is 1. The van der Waals surface area contributed by atoms with Crippen molar-refractivity contribution < 1.29 is 14.3 Å². The highest BCUT2D eigenvalue weighted by molar-refractivity contribution is 6.30. The molecule has 3 rings (SSSR count). The Hall–Kier alpha value is -2.47. The molecule has 7 heteroatoms. The van der Waals surface area contributed by atoms with Crippen molar-refractivity contribution >= 4 is 28.9 Å². The zero-order valence-corrected chi connectivity index (χ0v) is 11.0. The number of anilines is 2. The van der Waals surface area contributed by atoms with Crippen LogP contribution in [0.4, 0.5) is 11.4 Å². The van der Waals surface area contributed by atoms with E-state index in [0.717, 1.165) is 0 Å². The number of fused-ring (bicyclic) bond motifs is 1. The minimum Gasteiger partial charge on any atom is -0.481 e. The second kappa shape index (κ2) is 4.90. The molecule has 0 saturated heterocycles. The molecular formula is C13H10ClN3O3. The molecule has 2 heterocycles. The predicted octanol–water partition coefficient (Wildman–Crippen LogP) is 2.44. The number of nitrogens with two attached hydrogens (primary N) is 1. The molecule has 0 radical (unpaired) electrons. The number of ether oxygens (including phenoxy) is 2. The molecule has 2 aromatic rings. The molecule has 0 atom stereocenters. The van der Waals surface area contributed by atoms with Gasteiger partial charge in [-0.25, -0.2) is 0 Å². The van der Waals surface area contributed by atoms with Crippen molar-refractivity contribution in [3.05, 3.63) is 35.6 Å². The van der Waals surface area contributed by atoms with E-state index in [2.05, 4.69) is 10.3 Å². The first kappa shape index (κ1) is 12.6. The molecule has 0 bridgehead atoms. The Morgan fingerprint density at radius 1 is 1.35 bits per heavy atom. The van der Waals surface area contributed by atoms with E-state index in [1.54, 1.807) is 18.2 Å². The standard InChI is InChI=1S/C13H10ClN3O3/c14-7-1-8(5-16-4-7)20-11-3-10-12(2-9(11)15)19-6-13(18)17-10/h1-5H,6,15H2,(H,17,18). The monoisotopic (exact) mass is 291 g/mol. The number of nitrogens with zero attached hydrogens (tertiary/aromatic N) is 1. The maximum atomic E-state index is 11.3. The number of pyridine rings is 1. The van der Waals surface area contributed by atoms with Gasteiger partial charge in [0.2, 0.25) is 0 Å². The number of hydrogen-bond donors (Lipinski definition) is 2. The van der Waals surface area contributed by atoms with E-state index >= 15 is 0 Å². The van der Waals surface area contributed by atoms with Gasteiger partial charge >= 0.3 is 0 Å². The second-order valence-corrected chi connectivity index (χ2v) is 4.60. The third-order valence-electron chi connectivity index (χ3n) is 2.65. The van der Waals surface area contributed by atoms with Gasteiger partial charge in [0.05, 0.1) is 22.6 Å². The van der Waals surface area contributed by atoms with Gasteiger partial charge in [0.15, 0.2) is 12.4 Å². The predicted molar refractivity (Wildman–Crippen MR) is 74.3 cm³/mol. The van der Waals surface area contributed by atoms with Gasteiger partial charge in [0, 0.05) is 24.4 Å². The van der Waals surface area contributed by atoms with Crippen LogP contribution >= 0.6 is 11.6 Å². The average Bonchev–Trinajstić information content (AvgIpc) is 2.40. The number of aromatic nitrogens is 1. The van der Waals surface area contributed by atoms with E-state index in [1.807, 2.05) is 0 Å². The largest absolute Gasteiger partial charge is 0.481 e. The zero-order chi connectivity index (χ0) is 14.1. The highest BCUT2D eigenvalue weighted by atomic mass is 35.5. The lowest BCUT2D eigenvalue weighted by Gasteiger charge is -2.19. The first-order valence-corrected chi connectivity index (χ1v) is 6.14. The number of benzene rings is 1. The van der Waals surface area contributed by atoms with Crippen LogP contribution in [0.5, 0.6) is 17.2 Å². The Morgan fingerprint density at radius 3 is 3.00 bits per heavy atom. The smallest absolute Gasteiger partial charge is 0.262 e. The number of carbonyl (C=O) groups is 1. The van der Waals surface area contributed by atoms with Crippen molar-refractivity contribution in [1.29, 1.82) is 0 Å². The lowest BCUT2D eigenvalue weighted by molar-refractivity contribution is -0.118. The van der Waals surface area contributed by atoms with Crippen LogP contribution in [0.3, 0.4) is 0 Å². The number of hydrogen-bond acceptors (Lipinski definition) is 5. The first-order valence-electron chi connectivity index (χ1n) is 5.76. The molecule has 0 spiro atoms. The van der Waals surface area contributed by atoms with E-state index in [0.29, 0.717) is 33.6 Å². The fraction of sp³-hybridized carbons (Fsp3) is 0.0769. The molecule has 20 heavy (non-hydrogen) atoms.